The third-order valence-corrected chi connectivity index (χ3v) is 4.79. The highest BCUT2D eigenvalue weighted by Gasteiger charge is 2.21. The van der Waals surface area contributed by atoms with Gasteiger partial charge in [-0.15, -0.1) is 0 Å². The van der Waals surface area contributed by atoms with Crippen molar-refractivity contribution in [2.75, 3.05) is 26.1 Å². The van der Waals surface area contributed by atoms with Crippen LogP contribution in [-0.4, -0.2) is 37.5 Å². The smallest absolute Gasteiger partial charge is 0.263 e. The van der Waals surface area contributed by atoms with Gasteiger partial charge in [-0.2, -0.15) is 0 Å². The van der Waals surface area contributed by atoms with Crippen LogP contribution in [0.1, 0.15) is 34.8 Å². The molecule has 0 aliphatic carbocycles. The summed E-state index contributed by atoms with van der Waals surface area (Å²) in [6.45, 7) is 3.18. The van der Waals surface area contributed by atoms with E-state index in [-0.39, 0.29) is 11.8 Å². The number of fused-ring (bicyclic) bond motifs is 1. The van der Waals surface area contributed by atoms with E-state index in [1.165, 1.54) is 19.8 Å². The molecule has 0 unspecified atom stereocenters. The standard InChI is InChI=1S/C21H24N2O4/c1-4-19(24)23-11-10-14-8-9-16(12-15(14)13-23)22-21(25)20-17(26-2)6-5-7-18(20)27-3/h5-9,12H,4,10-11,13H2,1-3H3,(H,22,25). The molecule has 27 heavy (non-hydrogen) atoms. The van der Waals surface area contributed by atoms with Gasteiger partial charge in [0.1, 0.15) is 17.1 Å². The lowest BCUT2D eigenvalue weighted by atomic mass is 9.98. The van der Waals surface area contributed by atoms with Crippen LogP contribution in [-0.2, 0) is 17.8 Å². The lowest BCUT2D eigenvalue weighted by Crippen LogP contribution is -2.35. The van der Waals surface area contributed by atoms with Gasteiger partial charge in [0, 0.05) is 25.2 Å². The SMILES string of the molecule is CCC(=O)N1CCc2ccc(NC(=O)c3c(OC)cccc3OC)cc2C1. The summed E-state index contributed by atoms with van der Waals surface area (Å²) in [7, 11) is 3.04. The van der Waals surface area contributed by atoms with E-state index in [0.717, 1.165) is 18.5 Å². The van der Waals surface area contributed by atoms with Gasteiger partial charge < -0.3 is 19.7 Å². The van der Waals surface area contributed by atoms with Crippen molar-refractivity contribution >= 4 is 17.5 Å². The first-order valence-electron chi connectivity index (χ1n) is 8.99. The van der Waals surface area contributed by atoms with Gasteiger partial charge in [-0.05, 0) is 41.8 Å². The Labute approximate surface area is 159 Å². The largest absolute Gasteiger partial charge is 0.496 e. The van der Waals surface area contributed by atoms with Crippen LogP contribution in [0.15, 0.2) is 36.4 Å². The average molecular weight is 368 g/mol. The summed E-state index contributed by atoms with van der Waals surface area (Å²) < 4.78 is 10.6. The molecule has 0 fully saturated rings. The van der Waals surface area contributed by atoms with Crippen molar-refractivity contribution < 1.29 is 19.1 Å². The zero-order chi connectivity index (χ0) is 19.4. The zero-order valence-electron chi connectivity index (χ0n) is 15.9. The number of benzene rings is 2. The molecule has 2 aromatic carbocycles. The summed E-state index contributed by atoms with van der Waals surface area (Å²) >= 11 is 0. The van der Waals surface area contributed by atoms with Gasteiger partial charge in [0.2, 0.25) is 5.91 Å². The minimum Gasteiger partial charge on any atom is -0.496 e. The molecule has 0 aromatic heterocycles. The number of amides is 2. The van der Waals surface area contributed by atoms with Gasteiger partial charge in [0.05, 0.1) is 14.2 Å². The number of ether oxygens (including phenoxy) is 2. The van der Waals surface area contributed by atoms with Crippen LogP contribution in [0.2, 0.25) is 0 Å². The molecule has 0 atom stereocenters. The van der Waals surface area contributed by atoms with Crippen LogP contribution >= 0.6 is 0 Å². The van der Waals surface area contributed by atoms with E-state index in [1.54, 1.807) is 18.2 Å². The molecule has 1 heterocycles. The van der Waals surface area contributed by atoms with Crippen molar-refractivity contribution in [3.63, 3.8) is 0 Å². The summed E-state index contributed by atoms with van der Waals surface area (Å²) in [5, 5.41) is 2.91. The molecule has 2 amide bonds. The predicted octanol–water partition coefficient (Wildman–Crippen LogP) is 3.25. The van der Waals surface area contributed by atoms with Crippen molar-refractivity contribution in [3.05, 3.63) is 53.1 Å². The fourth-order valence-corrected chi connectivity index (χ4v) is 3.34. The molecule has 0 radical (unpaired) electrons. The zero-order valence-corrected chi connectivity index (χ0v) is 15.9. The third kappa shape index (κ3) is 3.89. The average Bonchev–Trinajstić information content (AvgIpc) is 2.71. The molecule has 1 N–H and O–H groups in total. The predicted molar refractivity (Wildman–Crippen MR) is 103 cm³/mol. The molecular weight excluding hydrogens is 344 g/mol. The maximum absolute atomic E-state index is 12.8. The number of carbonyl (C=O) groups is 2. The van der Waals surface area contributed by atoms with Crippen LogP contribution in [0, 0.1) is 0 Å². The number of nitrogens with zero attached hydrogens (tertiary/aromatic N) is 1. The first-order valence-corrected chi connectivity index (χ1v) is 8.99. The van der Waals surface area contributed by atoms with Crippen LogP contribution < -0.4 is 14.8 Å². The highest BCUT2D eigenvalue weighted by molar-refractivity contribution is 6.08. The van der Waals surface area contributed by atoms with Crippen molar-refractivity contribution in [2.45, 2.75) is 26.3 Å². The Kier molecular flexibility index (Phi) is 5.64. The van der Waals surface area contributed by atoms with E-state index in [1.807, 2.05) is 30.0 Å². The van der Waals surface area contributed by atoms with E-state index in [9.17, 15) is 9.59 Å². The molecule has 0 spiro atoms. The molecule has 0 saturated heterocycles. The highest BCUT2D eigenvalue weighted by Crippen LogP contribution is 2.30. The van der Waals surface area contributed by atoms with Gasteiger partial charge in [0.15, 0.2) is 0 Å². The Hall–Kier alpha value is -3.02. The van der Waals surface area contributed by atoms with E-state index in [4.69, 9.17) is 9.47 Å². The number of hydrogen-bond acceptors (Lipinski definition) is 4. The summed E-state index contributed by atoms with van der Waals surface area (Å²) in [5.41, 5.74) is 3.30. The van der Waals surface area contributed by atoms with Crippen LogP contribution in [0.3, 0.4) is 0 Å². The minimum atomic E-state index is -0.304. The summed E-state index contributed by atoms with van der Waals surface area (Å²) in [6, 6.07) is 11.0. The molecule has 1 aliphatic rings. The van der Waals surface area contributed by atoms with Crippen molar-refractivity contribution in [1.82, 2.24) is 4.90 Å². The maximum Gasteiger partial charge on any atom is 0.263 e. The molecular formula is C21H24N2O4. The van der Waals surface area contributed by atoms with Gasteiger partial charge in [-0.25, -0.2) is 0 Å². The number of anilines is 1. The van der Waals surface area contributed by atoms with Crippen LogP contribution in [0.4, 0.5) is 5.69 Å². The Morgan fingerprint density at radius 1 is 1.07 bits per heavy atom. The molecule has 2 aromatic rings. The second-order valence-electron chi connectivity index (χ2n) is 6.39. The quantitative estimate of drug-likeness (QED) is 0.880. The maximum atomic E-state index is 12.8. The van der Waals surface area contributed by atoms with Crippen LogP contribution in [0.5, 0.6) is 11.5 Å². The highest BCUT2D eigenvalue weighted by atomic mass is 16.5. The number of rotatable bonds is 5. The Morgan fingerprint density at radius 2 is 1.78 bits per heavy atom. The fraction of sp³-hybridized carbons (Fsp3) is 0.333. The van der Waals surface area contributed by atoms with Crippen molar-refractivity contribution in [3.8, 4) is 11.5 Å². The third-order valence-electron chi connectivity index (χ3n) is 4.79. The molecule has 142 valence electrons. The minimum absolute atomic E-state index is 0.147. The lowest BCUT2D eigenvalue weighted by molar-refractivity contribution is -0.131. The summed E-state index contributed by atoms with van der Waals surface area (Å²) in [6.07, 6.45) is 1.33. The second kappa shape index (κ2) is 8.12. The Bertz CT molecular complexity index is 841. The fourth-order valence-electron chi connectivity index (χ4n) is 3.34. The Balaban J connectivity index is 1.83. The molecule has 6 nitrogen and oxygen atoms in total. The van der Waals surface area contributed by atoms with E-state index in [0.29, 0.717) is 35.7 Å². The second-order valence-corrected chi connectivity index (χ2v) is 6.39. The van der Waals surface area contributed by atoms with E-state index in [2.05, 4.69) is 5.32 Å². The van der Waals surface area contributed by atoms with Gasteiger partial charge in [-0.1, -0.05) is 19.1 Å². The molecule has 3 rings (SSSR count). The number of nitrogens with one attached hydrogen (secondary N) is 1. The van der Waals surface area contributed by atoms with Crippen LogP contribution in [0.25, 0.3) is 0 Å². The topological polar surface area (TPSA) is 67.9 Å². The number of carbonyl (C=O) groups excluding carboxylic acids is 2. The summed E-state index contributed by atoms with van der Waals surface area (Å²) in [4.78, 5) is 26.7. The molecule has 0 saturated carbocycles. The molecule has 6 heteroatoms. The van der Waals surface area contributed by atoms with Gasteiger partial charge in [0.25, 0.3) is 5.91 Å². The lowest BCUT2D eigenvalue weighted by Gasteiger charge is -2.29. The molecule has 1 aliphatic heterocycles. The monoisotopic (exact) mass is 368 g/mol. The number of hydrogen-bond donors (Lipinski definition) is 1. The van der Waals surface area contributed by atoms with E-state index >= 15 is 0 Å². The van der Waals surface area contributed by atoms with E-state index < -0.39 is 0 Å². The summed E-state index contributed by atoms with van der Waals surface area (Å²) in [5.74, 6) is 0.740. The normalized spacial score (nSPS) is 12.9. The molecule has 0 bridgehead atoms. The first-order chi connectivity index (χ1) is 13.1. The van der Waals surface area contributed by atoms with Gasteiger partial charge >= 0.3 is 0 Å². The van der Waals surface area contributed by atoms with Gasteiger partial charge in [-0.3, -0.25) is 9.59 Å². The number of methoxy groups -OCH3 is 2. The Morgan fingerprint density at radius 3 is 2.41 bits per heavy atom. The first kappa shape index (κ1) is 18.8. The van der Waals surface area contributed by atoms with Crippen molar-refractivity contribution in [2.24, 2.45) is 0 Å². The van der Waals surface area contributed by atoms with Crippen molar-refractivity contribution in [1.29, 1.82) is 0 Å².